The molecular weight excluding hydrogens is 606 g/mol. The number of anilines is 2. The van der Waals surface area contributed by atoms with Gasteiger partial charge < -0.3 is 29.3 Å². The Kier molecular flexibility index (Phi) is 10.8. The van der Waals surface area contributed by atoms with Gasteiger partial charge in [0.15, 0.2) is 0 Å². The van der Waals surface area contributed by atoms with Gasteiger partial charge in [-0.25, -0.2) is 0 Å². The highest BCUT2D eigenvalue weighted by molar-refractivity contribution is 6.05. The van der Waals surface area contributed by atoms with Crippen LogP contribution in [0.1, 0.15) is 65.0 Å². The first kappa shape index (κ1) is 35.4. The highest BCUT2D eigenvalue weighted by Crippen LogP contribution is 2.66. The van der Waals surface area contributed by atoms with Crippen LogP contribution in [0.3, 0.4) is 0 Å². The van der Waals surface area contributed by atoms with E-state index in [1.54, 1.807) is 11.0 Å². The highest BCUT2D eigenvalue weighted by atomic mass is 16.6. The van der Waals surface area contributed by atoms with Crippen molar-refractivity contribution < 1.29 is 29.0 Å². The van der Waals surface area contributed by atoms with Crippen molar-refractivity contribution in [1.82, 2.24) is 4.90 Å². The fourth-order valence-corrected chi connectivity index (χ4v) is 8.36. The Labute approximate surface area is 285 Å². The number of carbonyl (C=O) groups is 3. The Morgan fingerprint density at radius 3 is 2.33 bits per heavy atom. The van der Waals surface area contributed by atoms with Crippen LogP contribution >= 0.6 is 0 Å². The van der Waals surface area contributed by atoms with Crippen LogP contribution in [0.25, 0.3) is 0 Å². The number of carbonyl (C=O) groups excluding carboxylic acids is 3. The number of ether oxygens (including phenoxy) is 2. The van der Waals surface area contributed by atoms with Gasteiger partial charge >= 0.3 is 5.97 Å². The van der Waals surface area contributed by atoms with Gasteiger partial charge in [-0.3, -0.25) is 14.4 Å². The second kappa shape index (κ2) is 14.7. The van der Waals surface area contributed by atoms with Crippen LogP contribution in [0.15, 0.2) is 79.9 Å². The molecular formula is C39H51N3O6. The summed E-state index contributed by atoms with van der Waals surface area (Å²) >= 11 is 0. The van der Waals surface area contributed by atoms with Crippen molar-refractivity contribution >= 4 is 29.2 Å². The van der Waals surface area contributed by atoms with Crippen LogP contribution in [0, 0.1) is 17.8 Å². The number of aliphatic hydroxyl groups excluding tert-OH is 1. The Bertz CT molecular complexity index is 1480. The minimum atomic E-state index is -1.29. The van der Waals surface area contributed by atoms with Crippen molar-refractivity contribution in [3.8, 4) is 0 Å². The standard InChI is InChI=1S/C39H51N3O6/c1-7-11-12-16-24-47-37(46)33-32-35(44)42(31(26-43)28-17-14-13-15-18-28)34(39(32)25-27(5)38(33,6)48-39)36(45)41(23-8-2)30-21-19-29(20-22-30)40(9-3)10-4/h7-8,13-15,17-22,27,31-34,43H,1-2,9-12,16,23-26H2,3-6H3/t27?,31-,32+,33-,34?,38+,39?/m1/s1. The van der Waals surface area contributed by atoms with Gasteiger partial charge in [0, 0.05) is 31.0 Å². The van der Waals surface area contributed by atoms with Crippen molar-refractivity contribution in [2.24, 2.45) is 17.8 Å². The maximum Gasteiger partial charge on any atom is 0.312 e. The number of amides is 2. The third-order valence-corrected chi connectivity index (χ3v) is 10.8. The largest absolute Gasteiger partial charge is 0.465 e. The van der Waals surface area contributed by atoms with Crippen molar-refractivity contribution in [2.45, 2.75) is 76.7 Å². The summed E-state index contributed by atoms with van der Waals surface area (Å²) in [5.74, 6) is -3.18. The molecule has 2 amide bonds. The summed E-state index contributed by atoms with van der Waals surface area (Å²) in [4.78, 5) is 49.3. The zero-order valence-corrected chi connectivity index (χ0v) is 28.8. The fourth-order valence-electron chi connectivity index (χ4n) is 8.36. The second-order valence-corrected chi connectivity index (χ2v) is 13.4. The summed E-state index contributed by atoms with van der Waals surface area (Å²) in [5.41, 5.74) is 0.0969. The molecule has 258 valence electrons. The SMILES string of the molecule is C=CCCCCOC(=O)[C@H]1[C@H]2C(=O)N([C@H](CO)c3ccccc3)C(C(=O)N(CC=C)c3ccc(N(CC)CC)cc3)C23CC(C)[C@]1(C)O3. The van der Waals surface area contributed by atoms with E-state index in [1.165, 1.54) is 4.90 Å². The predicted molar refractivity (Wildman–Crippen MR) is 187 cm³/mol. The number of unbranched alkanes of at least 4 members (excludes halogenated alkanes) is 2. The minimum absolute atomic E-state index is 0.138. The molecule has 0 radical (unpaired) electrons. The molecule has 3 fully saturated rings. The molecule has 2 bridgehead atoms. The van der Waals surface area contributed by atoms with E-state index in [2.05, 4.69) is 31.9 Å². The van der Waals surface area contributed by atoms with Crippen molar-refractivity contribution in [3.63, 3.8) is 0 Å². The van der Waals surface area contributed by atoms with Gasteiger partial charge in [-0.2, -0.15) is 0 Å². The molecule has 0 saturated carbocycles. The van der Waals surface area contributed by atoms with E-state index in [0.29, 0.717) is 24.1 Å². The number of benzene rings is 2. The normalized spacial score (nSPS) is 27.8. The molecule has 7 atom stereocenters. The summed E-state index contributed by atoms with van der Waals surface area (Å²) < 4.78 is 12.7. The number of esters is 1. The summed E-state index contributed by atoms with van der Waals surface area (Å²) in [5, 5.41) is 10.9. The van der Waals surface area contributed by atoms with Gasteiger partial charge in [0.2, 0.25) is 5.91 Å². The minimum Gasteiger partial charge on any atom is -0.465 e. The lowest BCUT2D eigenvalue weighted by Gasteiger charge is -2.39. The molecule has 48 heavy (non-hydrogen) atoms. The fraction of sp³-hybridized carbons (Fsp3) is 0.513. The molecule has 0 aliphatic carbocycles. The van der Waals surface area contributed by atoms with Gasteiger partial charge in [-0.05, 0) is 82.2 Å². The smallest absolute Gasteiger partial charge is 0.312 e. The van der Waals surface area contributed by atoms with Crippen molar-refractivity contribution in [2.75, 3.05) is 42.6 Å². The lowest BCUT2D eigenvalue weighted by atomic mass is 9.62. The molecule has 2 aromatic rings. The maximum absolute atomic E-state index is 15.1. The lowest BCUT2D eigenvalue weighted by Crippen LogP contribution is -2.57. The zero-order chi connectivity index (χ0) is 34.6. The summed E-state index contributed by atoms with van der Waals surface area (Å²) in [6, 6.07) is 15.1. The molecule has 3 aliphatic heterocycles. The van der Waals surface area contributed by atoms with Crippen LogP contribution in [-0.4, -0.2) is 77.9 Å². The van der Waals surface area contributed by atoms with E-state index >= 15 is 4.79 Å². The maximum atomic E-state index is 15.1. The molecule has 3 saturated heterocycles. The number of likely N-dealkylation sites (tertiary alicyclic amines) is 1. The molecule has 3 aliphatic rings. The van der Waals surface area contributed by atoms with Crippen LogP contribution < -0.4 is 9.80 Å². The number of aliphatic hydroxyl groups is 1. The van der Waals surface area contributed by atoms with Gasteiger partial charge in [0.1, 0.15) is 17.6 Å². The Balaban J connectivity index is 1.59. The summed E-state index contributed by atoms with van der Waals surface area (Å²) in [6.45, 7) is 17.5. The molecule has 1 N–H and O–H groups in total. The number of nitrogens with zero attached hydrogens (tertiary/aromatic N) is 3. The third-order valence-electron chi connectivity index (χ3n) is 10.8. The van der Waals surface area contributed by atoms with E-state index in [4.69, 9.17) is 9.47 Å². The number of hydrogen-bond donors (Lipinski definition) is 1. The van der Waals surface area contributed by atoms with E-state index in [1.807, 2.05) is 74.5 Å². The number of allylic oxidation sites excluding steroid dienone is 1. The molecule has 0 aromatic heterocycles. The van der Waals surface area contributed by atoms with E-state index in [-0.39, 0.29) is 30.9 Å². The average Bonchev–Trinajstić information content (AvgIpc) is 3.61. The lowest BCUT2D eigenvalue weighted by molar-refractivity contribution is -0.162. The number of fused-ring (bicyclic) bond motifs is 1. The first-order valence-electron chi connectivity index (χ1n) is 17.4. The Morgan fingerprint density at radius 1 is 1.06 bits per heavy atom. The van der Waals surface area contributed by atoms with E-state index in [9.17, 15) is 14.7 Å². The van der Waals surface area contributed by atoms with Gasteiger partial charge in [0.05, 0.1) is 30.8 Å². The number of rotatable bonds is 16. The second-order valence-electron chi connectivity index (χ2n) is 13.4. The molecule has 2 aromatic carbocycles. The van der Waals surface area contributed by atoms with Crippen molar-refractivity contribution in [3.05, 3.63) is 85.5 Å². The summed E-state index contributed by atoms with van der Waals surface area (Å²) in [7, 11) is 0. The molecule has 5 rings (SSSR count). The monoisotopic (exact) mass is 657 g/mol. The third kappa shape index (κ3) is 5.96. The predicted octanol–water partition coefficient (Wildman–Crippen LogP) is 5.70. The average molecular weight is 658 g/mol. The zero-order valence-electron chi connectivity index (χ0n) is 28.8. The summed E-state index contributed by atoms with van der Waals surface area (Å²) in [6.07, 6.45) is 6.25. The van der Waals surface area contributed by atoms with Gasteiger partial charge in [-0.1, -0.05) is 49.4 Å². The van der Waals surface area contributed by atoms with Crippen LogP contribution in [0.2, 0.25) is 0 Å². The molecule has 9 nitrogen and oxygen atoms in total. The van der Waals surface area contributed by atoms with Gasteiger partial charge in [0.25, 0.3) is 5.91 Å². The van der Waals surface area contributed by atoms with E-state index in [0.717, 1.165) is 31.6 Å². The Hall–Kier alpha value is -3.95. The highest BCUT2D eigenvalue weighted by Gasteiger charge is 2.81. The molecule has 3 unspecified atom stereocenters. The van der Waals surface area contributed by atoms with E-state index < -0.39 is 47.7 Å². The van der Waals surface area contributed by atoms with Crippen LogP contribution in [-0.2, 0) is 23.9 Å². The quantitative estimate of drug-likeness (QED) is 0.141. The molecule has 1 spiro atoms. The number of hydrogen-bond acceptors (Lipinski definition) is 7. The first-order valence-corrected chi connectivity index (χ1v) is 17.4. The topological polar surface area (TPSA) is 99.6 Å². The molecule has 3 heterocycles. The van der Waals surface area contributed by atoms with Crippen LogP contribution in [0.4, 0.5) is 11.4 Å². The first-order chi connectivity index (χ1) is 23.1. The Morgan fingerprint density at radius 2 is 1.73 bits per heavy atom. The molecule has 9 heteroatoms. The van der Waals surface area contributed by atoms with Crippen molar-refractivity contribution in [1.29, 1.82) is 0 Å². The van der Waals surface area contributed by atoms with Gasteiger partial charge in [-0.15, -0.1) is 13.2 Å². The van der Waals surface area contributed by atoms with Crippen LogP contribution in [0.5, 0.6) is 0 Å².